The normalized spacial score (nSPS) is 8.92. The summed E-state index contributed by atoms with van der Waals surface area (Å²) in [5, 5.41) is 12.0. The Kier molecular flexibility index (Phi) is 3.23. The van der Waals surface area contributed by atoms with Crippen molar-refractivity contribution in [2.75, 3.05) is 11.9 Å². The summed E-state index contributed by atoms with van der Waals surface area (Å²) in [5.41, 5.74) is 0.389. The summed E-state index contributed by atoms with van der Waals surface area (Å²) in [6, 6.07) is 1.96. The van der Waals surface area contributed by atoms with Crippen LogP contribution in [0.15, 0.2) is 24.1 Å². The van der Waals surface area contributed by atoms with Crippen LogP contribution < -0.4 is 5.32 Å². The summed E-state index contributed by atoms with van der Waals surface area (Å²) in [7, 11) is 0. The molecule has 1 N–H and O–H groups in total. The van der Waals surface area contributed by atoms with E-state index in [0.717, 1.165) is 0 Å². The van der Waals surface area contributed by atoms with Crippen LogP contribution >= 0.6 is 11.6 Å². The van der Waals surface area contributed by atoms with Gasteiger partial charge in [0.15, 0.2) is 0 Å². The third-order valence-electron chi connectivity index (χ3n) is 1.28. The first kappa shape index (κ1) is 9.49. The maximum atomic E-state index is 8.66. The molecule has 0 spiro atoms. The van der Waals surface area contributed by atoms with Gasteiger partial charge in [0.05, 0.1) is 12.7 Å². The van der Waals surface area contributed by atoms with E-state index in [4.69, 9.17) is 16.9 Å². The number of rotatable bonds is 3. The second kappa shape index (κ2) is 4.43. The number of nitriles is 1. The summed E-state index contributed by atoms with van der Waals surface area (Å²) in [6.07, 6.45) is 2.80. The van der Waals surface area contributed by atoms with Gasteiger partial charge in [-0.1, -0.05) is 18.2 Å². The summed E-state index contributed by atoms with van der Waals surface area (Å²) >= 11 is 5.54. The van der Waals surface area contributed by atoms with Gasteiger partial charge in [0.1, 0.15) is 23.8 Å². The van der Waals surface area contributed by atoms with Crippen LogP contribution in [0, 0.1) is 11.3 Å². The van der Waals surface area contributed by atoms with E-state index < -0.39 is 0 Å². The zero-order valence-electron chi connectivity index (χ0n) is 6.79. The smallest absolute Gasteiger partial charge is 0.147 e. The number of hydrogen-bond donors (Lipinski definition) is 1. The minimum atomic E-state index is 0.382. The van der Waals surface area contributed by atoms with Crippen LogP contribution in [0.25, 0.3) is 0 Å². The molecule has 0 amide bonds. The van der Waals surface area contributed by atoms with Gasteiger partial charge in [0.2, 0.25) is 0 Å². The largest absolute Gasteiger partial charge is 0.364 e. The van der Waals surface area contributed by atoms with E-state index in [1.54, 1.807) is 0 Å². The predicted molar refractivity (Wildman–Crippen MR) is 50.2 cm³/mol. The van der Waals surface area contributed by atoms with Crippen molar-refractivity contribution in [2.45, 2.75) is 0 Å². The van der Waals surface area contributed by atoms with E-state index in [2.05, 4.69) is 21.9 Å². The maximum Gasteiger partial charge on any atom is 0.147 e. The molecule has 0 aliphatic carbocycles. The average Bonchev–Trinajstić information content (AvgIpc) is 2.15. The Bertz CT molecular complexity index is 355. The zero-order chi connectivity index (χ0) is 9.68. The third kappa shape index (κ3) is 2.73. The summed E-state index contributed by atoms with van der Waals surface area (Å²) in [5.74, 6) is 0.472. The van der Waals surface area contributed by atoms with E-state index in [0.29, 0.717) is 23.0 Å². The third-order valence-corrected chi connectivity index (χ3v) is 1.41. The number of anilines is 1. The number of nitrogens with zero attached hydrogens (tertiary/aromatic N) is 3. The summed E-state index contributed by atoms with van der Waals surface area (Å²) < 4.78 is 0. The van der Waals surface area contributed by atoms with E-state index in [1.807, 2.05) is 6.07 Å². The van der Waals surface area contributed by atoms with Crippen LogP contribution in [0.1, 0.15) is 5.56 Å². The molecule has 0 saturated heterocycles. The molecular weight excluding hydrogens is 188 g/mol. The van der Waals surface area contributed by atoms with Gasteiger partial charge in [-0.3, -0.25) is 0 Å². The van der Waals surface area contributed by atoms with E-state index >= 15 is 0 Å². The summed E-state index contributed by atoms with van der Waals surface area (Å²) in [4.78, 5) is 7.59. The molecule has 0 atom stereocenters. The van der Waals surface area contributed by atoms with Crippen molar-refractivity contribution in [3.05, 3.63) is 29.7 Å². The Balaban J connectivity index is 2.77. The van der Waals surface area contributed by atoms with Gasteiger partial charge in [-0.2, -0.15) is 5.26 Å². The van der Waals surface area contributed by atoms with Gasteiger partial charge in [-0.25, -0.2) is 9.97 Å². The van der Waals surface area contributed by atoms with Gasteiger partial charge in [0.25, 0.3) is 0 Å². The van der Waals surface area contributed by atoms with Gasteiger partial charge in [-0.05, 0) is 0 Å². The van der Waals surface area contributed by atoms with Crippen LogP contribution in [-0.2, 0) is 0 Å². The van der Waals surface area contributed by atoms with Crippen molar-refractivity contribution in [1.82, 2.24) is 9.97 Å². The first-order valence-electron chi connectivity index (χ1n) is 3.51. The minimum absolute atomic E-state index is 0.382. The Morgan fingerprint density at radius 1 is 1.77 bits per heavy atom. The average molecular weight is 195 g/mol. The highest BCUT2D eigenvalue weighted by atomic mass is 35.5. The Morgan fingerprint density at radius 2 is 2.54 bits per heavy atom. The highest BCUT2D eigenvalue weighted by Gasteiger charge is 2.01. The van der Waals surface area contributed by atoms with Crippen molar-refractivity contribution in [1.29, 1.82) is 5.26 Å². The first-order chi connectivity index (χ1) is 6.24. The van der Waals surface area contributed by atoms with Crippen LogP contribution in [0.2, 0.25) is 0 Å². The first-order valence-corrected chi connectivity index (χ1v) is 3.89. The zero-order valence-corrected chi connectivity index (χ0v) is 7.54. The number of hydrogen-bond acceptors (Lipinski definition) is 4. The lowest BCUT2D eigenvalue weighted by molar-refractivity contribution is 1.12. The van der Waals surface area contributed by atoms with Crippen LogP contribution in [0.4, 0.5) is 5.82 Å². The maximum absolute atomic E-state index is 8.66. The predicted octanol–water partition coefficient (Wildman–Crippen LogP) is 1.51. The van der Waals surface area contributed by atoms with Crippen molar-refractivity contribution < 1.29 is 0 Å². The minimum Gasteiger partial charge on any atom is -0.364 e. The monoisotopic (exact) mass is 194 g/mol. The van der Waals surface area contributed by atoms with Crippen LogP contribution in [0.5, 0.6) is 0 Å². The summed E-state index contributed by atoms with van der Waals surface area (Å²) in [6.45, 7) is 3.88. The molecule has 0 saturated carbocycles. The lowest BCUT2D eigenvalue weighted by Gasteiger charge is -2.03. The van der Waals surface area contributed by atoms with Crippen LogP contribution in [-0.4, -0.2) is 16.5 Å². The van der Waals surface area contributed by atoms with Gasteiger partial charge < -0.3 is 5.32 Å². The van der Waals surface area contributed by atoms with Gasteiger partial charge >= 0.3 is 0 Å². The topological polar surface area (TPSA) is 61.6 Å². The lowest BCUT2D eigenvalue weighted by Crippen LogP contribution is -2.04. The van der Waals surface area contributed by atoms with Crippen molar-refractivity contribution in [3.63, 3.8) is 0 Å². The number of halogens is 1. The van der Waals surface area contributed by atoms with E-state index in [9.17, 15) is 0 Å². The molecule has 0 bridgehead atoms. The fourth-order valence-electron chi connectivity index (χ4n) is 0.732. The molecule has 66 valence electrons. The second-order valence-electron chi connectivity index (χ2n) is 2.27. The molecule has 0 aliphatic heterocycles. The number of nitrogens with one attached hydrogen (secondary N) is 1. The molecule has 0 aromatic carbocycles. The molecule has 0 aliphatic rings. The molecule has 4 nitrogen and oxygen atoms in total. The van der Waals surface area contributed by atoms with Crippen molar-refractivity contribution >= 4 is 17.4 Å². The van der Waals surface area contributed by atoms with Crippen molar-refractivity contribution in [3.8, 4) is 6.07 Å². The fourth-order valence-corrected chi connectivity index (χ4v) is 0.799. The van der Waals surface area contributed by atoms with E-state index in [-0.39, 0.29) is 0 Å². The van der Waals surface area contributed by atoms with Gasteiger partial charge in [0, 0.05) is 5.03 Å². The Hall–Kier alpha value is -1.60. The molecule has 1 aromatic rings. The second-order valence-corrected chi connectivity index (χ2v) is 2.80. The highest BCUT2D eigenvalue weighted by molar-refractivity contribution is 6.29. The van der Waals surface area contributed by atoms with E-state index in [1.165, 1.54) is 12.5 Å². The standard InChI is InChI=1S/C8H7ClN4/c1-6(9)3-12-8-7(2-10)4-11-5-13-8/h4-5H,1,3H2,(H,11,12,13). The molecule has 0 radical (unpaired) electrons. The SMILES string of the molecule is C=C(Cl)CNc1ncncc1C#N. The van der Waals surface area contributed by atoms with Crippen LogP contribution in [0.3, 0.4) is 0 Å². The molecule has 1 aromatic heterocycles. The molecule has 5 heteroatoms. The Morgan fingerprint density at radius 3 is 3.15 bits per heavy atom. The molecule has 13 heavy (non-hydrogen) atoms. The molecule has 1 rings (SSSR count). The van der Waals surface area contributed by atoms with Crippen molar-refractivity contribution in [2.24, 2.45) is 0 Å². The lowest BCUT2D eigenvalue weighted by atomic mass is 10.3. The molecular formula is C8H7ClN4. The Labute approximate surface area is 80.9 Å². The fraction of sp³-hybridized carbons (Fsp3) is 0.125. The van der Waals surface area contributed by atoms with Gasteiger partial charge in [-0.15, -0.1) is 0 Å². The highest BCUT2D eigenvalue weighted by Crippen LogP contribution is 2.08. The molecule has 0 unspecified atom stereocenters. The molecule has 1 heterocycles. The quantitative estimate of drug-likeness (QED) is 0.793. The number of aromatic nitrogens is 2. The molecule has 0 fully saturated rings.